The molecule has 2 aromatic carbocycles. The van der Waals surface area contributed by atoms with Gasteiger partial charge in [0, 0.05) is 16.3 Å². The van der Waals surface area contributed by atoms with Gasteiger partial charge in [0.05, 0.1) is 11.2 Å². The van der Waals surface area contributed by atoms with E-state index in [0.717, 1.165) is 21.8 Å². The Kier molecular flexibility index (Phi) is 2.54. The van der Waals surface area contributed by atoms with Gasteiger partial charge in [-0.25, -0.2) is 9.59 Å². The van der Waals surface area contributed by atoms with E-state index in [9.17, 15) is 9.59 Å². The first-order valence-electron chi connectivity index (χ1n) is 5.54. The largest absolute Gasteiger partial charge is 0.353 e. The van der Waals surface area contributed by atoms with E-state index < -0.39 is 0 Å². The number of nitrogens with zero attached hydrogens (tertiary/aromatic N) is 2. The molecule has 90 valence electrons. The average molecular weight is 249 g/mol. The molecule has 0 aliphatic carbocycles. The molecule has 1 N–H and O–H groups in total. The Morgan fingerprint density at radius 2 is 1.58 bits per heavy atom. The minimum atomic E-state index is 0.504. The molecule has 19 heavy (non-hydrogen) atoms. The molecule has 3 rings (SSSR count). The van der Waals surface area contributed by atoms with Crippen molar-refractivity contribution in [1.82, 2.24) is 4.98 Å². The van der Waals surface area contributed by atoms with Gasteiger partial charge in [0.2, 0.25) is 12.2 Å². The highest BCUT2D eigenvalue weighted by atomic mass is 16.1. The molecule has 0 radical (unpaired) electrons. The second-order valence-electron chi connectivity index (χ2n) is 3.93. The Labute approximate surface area is 107 Å². The SMILES string of the molecule is O=C=Nc1cccc2c1[nH]c1cccc(N=C=O)c12. The summed E-state index contributed by atoms with van der Waals surface area (Å²) in [6.07, 6.45) is 3.08. The lowest BCUT2D eigenvalue weighted by Crippen LogP contribution is -1.70. The van der Waals surface area contributed by atoms with Crippen molar-refractivity contribution in [3.05, 3.63) is 36.4 Å². The molecule has 0 bridgehead atoms. The van der Waals surface area contributed by atoms with Crippen LogP contribution in [0, 0.1) is 0 Å². The molecule has 1 heterocycles. The van der Waals surface area contributed by atoms with E-state index in [-0.39, 0.29) is 0 Å². The van der Waals surface area contributed by atoms with Gasteiger partial charge in [0.1, 0.15) is 5.69 Å². The average Bonchev–Trinajstić information content (AvgIpc) is 2.80. The highest BCUT2D eigenvalue weighted by molar-refractivity contribution is 6.15. The van der Waals surface area contributed by atoms with Crippen LogP contribution < -0.4 is 0 Å². The first-order chi connectivity index (χ1) is 9.35. The topological polar surface area (TPSA) is 74.7 Å². The Bertz CT molecular complexity index is 882. The molecule has 0 amide bonds. The van der Waals surface area contributed by atoms with Gasteiger partial charge in [-0.3, -0.25) is 0 Å². The fourth-order valence-electron chi connectivity index (χ4n) is 2.23. The van der Waals surface area contributed by atoms with Gasteiger partial charge in [-0.1, -0.05) is 18.2 Å². The Hall–Kier alpha value is -3.00. The third kappa shape index (κ3) is 1.67. The summed E-state index contributed by atoms with van der Waals surface area (Å²) < 4.78 is 0. The molecule has 1 aromatic heterocycles. The smallest absolute Gasteiger partial charge is 0.240 e. The summed E-state index contributed by atoms with van der Waals surface area (Å²) in [4.78, 5) is 31.4. The molecule has 0 saturated heterocycles. The fourth-order valence-corrected chi connectivity index (χ4v) is 2.23. The summed E-state index contributed by atoms with van der Waals surface area (Å²) in [6, 6.07) is 10.8. The zero-order chi connectivity index (χ0) is 13.2. The lowest BCUT2D eigenvalue weighted by molar-refractivity contribution is 0.564. The highest BCUT2D eigenvalue weighted by Crippen LogP contribution is 2.36. The number of aromatic nitrogens is 1. The van der Waals surface area contributed by atoms with Crippen LogP contribution in [-0.2, 0) is 9.59 Å². The van der Waals surface area contributed by atoms with Crippen LogP contribution in [0.15, 0.2) is 46.4 Å². The standard InChI is InChI=1S/C14H7N3O2/c18-7-15-10-4-2-5-11-13(10)9-3-1-6-12(16-8-19)14(9)17-11/h1-6,17H. The van der Waals surface area contributed by atoms with Gasteiger partial charge in [-0.05, 0) is 18.2 Å². The van der Waals surface area contributed by atoms with Crippen LogP contribution in [0.1, 0.15) is 0 Å². The molecule has 0 saturated carbocycles. The van der Waals surface area contributed by atoms with Crippen molar-refractivity contribution in [3.8, 4) is 0 Å². The predicted molar refractivity (Wildman–Crippen MR) is 71.4 cm³/mol. The van der Waals surface area contributed by atoms with Gasteiger partial charge in [0.25, 0.3) is 0 Å². The van der Waals surface area contributed by atoms with E-state index in [1.807, 2.05) is 12.1 Å². The van der Waals surface area contributed by atoms with Crippen molar-refractivity contribution in [2.45, 2.75) is 0 Å². The lowest BCUT2D eigenvalue weighted by atomic mass is 10.1. The van der Waals surface area contributed by atoms with E-state index in [4.69, 9.17) is 0 Å². The van der Waals surface area contributed by atoms with Gasteiger partial charge < -0.3 is 4.98 Å². The number of H-pyrrole nitrogens is 1. The third-order valence-electron chi connectivity index (χ3n) is 2.95. The maximum atomic E-state index is 10.5. The molecule has 0 fully saturated rings. The molecule has 5 heteroatoms. The Morgan fingerprint density at radius 1 is 0.895 bits per heavy atom. The number of benzene rings is 2. The molecule has 0 aliphatic rings. The molecule has 5 nitrogen and oxygen atoms in total. The minimum absolute atomic E-state index is 0.504. The first-order valence-corrected chi connectivity index (χ1v) is 5.54. The summed E-state index contributed by atoms with van der Waals surface area (Å²) in [7, 11) is 0. The molecular formula is C14H7N3O2. The van der Waals surface area contributed by atoms with Crippen LogP contribution in [0.5, 0.6) is 0 Å². The van der Waals surface area contributed by atoms with Crippen LogP contribution >= 0.6 is 0 Å². The quantitative estimate of drug-likeness (QED) is 0.559. The molecule has 0 atom stereocenters. The second kappa shape index (κ2) is 4.35. The molecular weight excluding hydrogens is 242 g/mol. The van der Waals surface area contributed by atoms with Gasteiger partial charge >= 0.3 is 0 Å². The second-order valence-corrected chi connectivity index (χ2v) is 3.93. The van der Waals surface area contributed by atoms with Crippen LogP contribution in [0.2, 0.25) is 0 Å². The van der Waals surface area contributed by atoms with Crippen LogP contribution in [0.4, 0.5) is 11.4 Å². The highest BCUT2D eigenvalue weighted by Gasteiger charge is 2.10. The number of aromatic amines is 1. The van der Waals surface area contributed by atoms with Crippen molar-refractivity contribution in [2.75, 3.05) is 0 Å². The fraction of sp³-hybridized carbons (Fsp3) is 0. The Morgan fingerprint density at radius 3 is 2.37 bits per heavy atom. The first kappa shape index (κ1) is 11.1. The van der Waals surface area contributed by atoms with Crippen LogP contribution in [-0.4, -0.2) is 17.1 Å². The predicted octanol–water partition coefficient (Wildman–Crippen LogP) is 3.26. The molecule has 3 aromatic rings. The van der Waals surface area contributed by atoms with Gasteiger partial charge in [0.15, 0.2) is 0 Å². The minimum Gasteiger partial charge on any atom is -0.353 e. The van der Waals surface area contributed by atoms with E-state index in [0.29, 0.717) is 11.4 Å². The zero-order valence-electron chi connectivity index (χ0n) is 9.68. The number of isocyanates is 2. The van der Waals surface area contributed by atoms with Crippen molar-refractivity contribution in [1.29, 1.82) is 0 Å². The Balaban J connectivity index is 2.53. The summed E-state index contributed by atoms with van der Waals surface area (Å²) in [5.41, 5.74) is 2.57. The van der Waals surface area contributed by atoms with Crippen LogP contribution in [0.25, 0.3) is 21.8 Å². The van der Waals surface area contributed by atoms with Crippen molar-refractivity contribution in [2.24, 2.45) is 9.98 Å². The lowest BCUT2D eigenvalue weighted by Gasteiger charge is -1.95. The van der Waals surface area contributed by atoms with E-state index in [1.165, 1.54) is 6.08 Å². The van der Waals surface area contributed by atoms with E-state index in [1.54, 1.807) is 30.3 Å². The van der Waals surface area contributed by atoms with Gasteiger partial charge in [-0.2, -0.15) is 9.98 Å². The third-order valence-corrected chi connectivity index (χ3v) is 2.95. The molecule has 0 aliphatic heterocycles. The van der Waals surface area contributed by atoms with E-state index >= 15 is 0 Å². The number of carbonyl (C=O) groups excluding carboxylic acids is 2. The number of fused-ring (bicyclic) bond motifs is 3. The monoisotopic (exact) mass is 249 g/mol. The summed E-state index contributed by atoms with van der Waals surface area (Å²) in [5, 5.41) is 1.66. The number of para-hydroxylation sites is 1. The number of hydrogen-bond acceptors (Lipinski definition) is 4. The van der Waals surface area contributed by atoms with Crippen molar-refractivity contribution < 1.29 is 9.59 Å². The summed E-state index contributed by atoms with van der Waals surface area (Å²) in [5.74, 6) is 0. The van der Waals surface area contributed by atoms with Gasteiger partial charge in [-0.15, -0.1) is 0 Å². The molecule has 0 unspecified atom stereocenters. The number of hydrogen-bond donors (Lipinski definition) is 1. The van der Waals surface area contributed by atoms with Crippen LogP contribution in [0.3, 0.4) is 0 Å². The van der Waals surface area contributed by atoms with Crippen molar-refractivity contribution >= 4 is 45.3 Å². The maximum Gasteiger partial charge on any atom is 0.240 e. The normalized spacial score (nSPS) is 10.1. The number of nitrogens with one attached hydrogen (secondary N) is 1. The number of rotatable bonds is 2. The zero-order valence-corrected chi connectivity index (χ0v) is 9.68. The summed E-state index contributed by atoms with van der Waals surface area (Å²) >= 11 is 0. The maximum absolute atomic E-state index is 10.5. The molecule has 0 spiro atoms. The number of aliphatic imine (C=N–C) groups is 2. The summed E-state index contributed by atoms with van der Waals surface area (Å²) in [6.45, 7) is 0. The van der Waals surface area contributed by atoms with E-state index in [2.05, 4.69) is 15.0 Å². The van der Waals surface area contributed by atoms with Crippen molar-refractivity contribution in [3.63, 3.8) is 0 Å².